The Hall–Kier alpha value is -2.81. The summed E-state index contributed by atoms with van der Waals surface area (Å²) in [5.74, 6) is -0.564. The molecule has 0 saturated carbocycles. The lowest BCUT2D eigenvalue weighted by Gasteiger charge is -2.29. The lowest BCUT2D eigenvalue weighted by Crippen LogP contribution is -2.23. The lowest BCUT2D eigenvalue weighted by molar-refractivity contribution is 0.00455. The lowest BCUT2D eigenvalue weighted by atomic mass is 9.90. The van der Waals surface area contributed by atoms with Gasteiger partial charge in [0.15, 0.2) is 5.65 Å². The van der Waals surface area contributed by atoms with Gasteiger partial charge in [-0.2, -0.15) is 5.10 Å². The summed E-state index contributed by atoms with van der Waals surface area (Å²) in [6.45, 7) is 2.16. The van der Waals surface area contributed by atoms with Crippen LogP contribution in [0.3, 0.4) is 0 Å². The van der Waals surface area contributed by atoms with Crippen molar-refractivity contribution in [1.29, 1.82) is 0 Å². The first kappa shape index (κ1) is 22.0. The molecule has 0 aliphatic carbocycles. The van der Waals surface area contributed by atoms with Crippen molar-refractivity contribution in [2.75, 3.05) is 6.61 Å². The molecule has 0 radical (unpaired) electrons. The zero-order valence-electron chi connectivity index (χ0n) is 17.9. The molecule has 1 aliphatic rings. The molecule has 2 atom stereocenters. The molecule has 33 heavy (non-hydrogen) atoms. The normalized spacial score (nSPS) is 18.7. The molecule has 1 aromatic carbocycles. The Morgan fingerprint density at radius 3 is 2.76 bits per heavy atom. The van der Waals surface area contributed by atoms with E-state index in [0.29, 0.717) is 30.8 Å². The van der Waals surface area contributed by atoms with E-state index in [9.17, 15) is 9.18 Å². The summed E-state index contributed by atoms with van der Waals surface area (Å²) in [5, 5.41) is 4.52. The van der Waals surface area contributed by atoms with Gasteiger partial charge in [-0.15, -0.1) is 0 Å². The van der Waals surface area contributed by atoms with Crippen LogP contribution in [0.25, 0.3) is 16.9 Å². The Morgan fingerprint density at radius 2 is 2.03 bits per heavy atom. The third kappa shape index (κ3) is 4.03. The van der Waals surface area contributed by atoms with E-state index in [-0.39, 0.29) is 39.0 Å². The maximum absolute atomic E-state index is 14.9. The van der Waals surface area contributed by atoms with Gasteiger partial charge in [0.2, 0.25) is 0 Å². The fraction of sp³-hybridized carbons (Fsp3) is 0.304. The number of ether oxygens (including phenoxy) is 1. The molecular weight excluding hydrogens is 468 g/mol. The number of aryl methyl sites for hydroxylation is 2. The first-order valence-corrected chi connectivity index (χ1v) is 11.2. The average molecular weight is 488 g/mol. The van der Waals surface area contributed by atoms with Crippen LogP contribution < -0.4 is 5.56 Å². The second kappa shape index (κ2) is 8.52. The minimum Gasteiger partial charge on any atom is -0.373 e. The average Bonchev–Trinajstić information content (AvgIpc) is 3.24. The maximum Gasteiger partial charge on any atom is 0.277 e. The molecule has 0 N–H and O–H groups in total. The third-order valence-corrected chi connectivity index (χ3v) is 6.60. The highest BCUT2D eigenvalue weighted by atomic mass is 35.5. The van der Waals surface area contributed by atoms with Gasteiger partial charge in [0.05, 0.1) is 23.7 Å². The van der Waals surface area contributed by atoms with Crippen LogP contribution in [0, 0.1) is 12.7 Å². The van der Waals surface area contributed by atoms with Gasteiger partial charge in [0.1, 0.15) is 16.5 Å². The van der Waals surface area contributed by atoms with Crippen molar-refractivity contribution in [3.05, 3.63) is 80.0 Å². The molecular formula is C23H20Cl2FN5O2. The summed E-state index contributed by atoms with van der Waals surface area (Å²) < 4.78 is 24.0. The smallest absolute Gasteiger partial charge is 0.277 e. The van der Waals surface area contributed by atoms with E-state index < -0.39 is 11.4 Å². The summed E-state index contributed by atoms with van der Waals surface area (Å²) >= 11 is 12.2. The number of hydrogen-bond donors (Lipinski definition) is 0. The van der Waals surface area contributed by atoms with Crippen molar-refractivity contribution >= 4 is 28.8 Å². The molecule has 0 amide bonds. The second-order valence-corrected chi connectivity index (χ2v) is 8.99. The van der Waals surface area contributed by atoms with Gasteiger partial charge in [0, 0.05) is 48.1 Å². The first-order chi connectivity index (χ1) is 15.8. The van der Waals surface area contributed by atoms with Crippen LogP contribution in [-0.4, -0.2) is 30.8 Å². The largest absolute Gasteiger partial charge is 0.373 e. The van der Waals surface area contributed by atoms with Gasteiger partial charge >= 0.3 is 0 Å². The van der Waals surface area contributed by atoms with Crippen LogP contribution in [-0.2, 0) is 11.8 Å². The zero-order valence-corrected chi connectivity index (χ0v) is 19.4. The number of halogens is 3. The minimum atomic E-state index is -0.545. The molecule has 1 saturated heterocycles. The predicted octanol–water partition coefficient (Wildman–Crippen LogP) is 4.88. The molecule has 4 aromatic rings. The molecule has 1 fully saturated rings. The molecule has 10 heteroatoms. The number of benzene rings is 1. The standard InChI is InChI=1S/C23H20Cl2FN5O2/c1-12-20(25)23(32)31-11-18(13-5-6-33-19(7-13)14-9-27-30(2)10-14)29-21(22(31)28-12)16-4-3-15(24)8-17(16)26/h3-4,8-11,13,19H,5-7H2,1-2H3/t13-,19-/m1/s1. The highest BCUT2D eigenvalue weighted by molar-refractivity contribution is 6.31. The van der Waals surface area contributed by atoms with Crippen LogP contribution in [0.1, 0.15) is 41.8 Å². The van der Waals surface area contributed by atoms with Gasteiger partial charge in [-0.3, -0.25) is 13.9 Å². The molecule has 0 unspecified atom stereocenters. The summed E-state index contributed by atoms with van der Waals surface area (Å²) in [6, 6.07) is 4.34. The zero-order chi connectivity index (χ0) is 23.3. The quantitative estimate of drug-likeness (QED) is 0.411. The topological polar surface area (TPSA) is 74.3 Å². The number of hydrogen-bond acceptors (Lipinski definition) is 5. The van der Waals surface area contributed by atoms with E-state index in [2.05, 4.69) is 10.1 Å². The fourth-order valence-corrected chi connectivity index (χ4v) is 4.50. The van der Waals surface area contributed by atoms with Crippen LogP contribution in [0.5, 0.6) is 0 Å². The second-order valence-electron chi connectivity index (χ2n) is 8.18. The Bertz CT molecular complexity index is 1430. The number of aromatic nitrogens is 5. The summed E-state index contributed by atoms with van der Waals surface area (Å²) in [6.07, 6.45) is 6.57. The Balaban J connectivity index is 1.67. The van der Waals surface area contributed by atoms with E-state index >= 15 is 0 Å². The van der Waals surface area contributed by atoms with Crippen molar-refractivity contribution in [2.24, 2.45) is 7.05 Å². The van der Waals surface area contributed by atoms with Crippen molar-refractivity contribution in [1.82, 2.24) is 24.1 Å². The monoisotopic (exact) mass is 487 g/mol. The highest BCUT2D eigenvalue weighted by Gasteiger charge is 2.28. The van der Waals surface area contributed by atoms with Crippen LogP contribution >= 0.6 is 23.2 Å². The summed E-state index contributed by atoms with van der Waals surface area (Å²) in [4.78, 5) is 22.3. The molecule has 3 aromatic heterocycles. The molecule has 4 heterocycles. The van der Waals surface area contributed by atoms with Crippen molar-refractivity contribution in [3.8, 4) is 11.3 Å². The predicted molar refractivity (Wildman–Crippen MR) is 123 cm³/mol. The number of fused-ring (bicyclic) bond motifs is 1. The molecule has 7 nitrogen and oxygen atoms in total. The van der Waals surface area contributed by atoms with E-state index in [1.807, 2.05) is 13.2 Å². The van der Waals surface area contributed by atoms with Gasteiger partial charge in [-0.05, 0) is 38.0 Å². The minimum absolute atomic E-state index is 0.0190. The van der Waals surface area contributed by atoms with Crippen LogP contribution in [0.4, 0.5) is 4.39 Å². The van der Waals surface area contributed by atoms with Crippen molar-refractivity contribution < 1.29 is 9.13 Å². The molecule has 1 aliphatic heterocycles. The van der Waals surface area contributed by atoms with Gasteiger partial charge in [-0.25, -0.2) is 14.4 Å². The van der Waals surface area contributed by atoms with E-state index in [1.54, 1.807) is 36.1 Å². The van der Waals surface area contributed by atoms with Gasteiger partial charge in [-0.1, -0.05) is 23.2 Å². The maximum atomic E-state index is 14.9. The van der Waals surface area contributed by atoms with E-state index in [4.69, 9.17) is 32.9 Å². The van der Waals surface area contributed by atoms with Crippen LogP contribution in [0.15, 0.2) is 41.6 Å². The summed E-state index contributed by atoms with van der Waals surface area (Å²) in [5.41, 5.74) is 2.27. The Kier molecular flexibility index (Phi) is 5.68. The molecule has 170 valence electrons. The number of nitrogens with zero attached hydrogens (tertiary/aromatic N) is 5. The van der Waals surface area contributed by atoms with Crippen LogP contribution in [0.2, 0.25) is 10.0 Å². The summed E-state index contributed by atoms with van der Waals surface area (Å²) in [7, 11) is 1.85. The molecule has 5 rings (SSSR count). The molecule has 0 spiro atoms. The number of rotatable bonds is 3. The fourth-order valence-electron chi connectivity index (χ4n) is 4.21. The highest BCUT2D eigenvalue weighted by Crippen LogP contribution is 2.38. The SMILES string of the molecule is Cc1nc2c(-c3ccc(Cl)cc3F)nc([C@@H]3CCO[C@@H](c4cnn(C)c4)C3)cn2c(=O)c1Cl. The third-order valence-electron chi connectivity index (χ3n) is 5.93. The Morgan fingerprint density at radius 1 is 1.21 bits per heavy atom. The van der Waals surface area contributed by atoms with E-state index in [0.717, 1.165) is 5.56 Å². The van der Waals surface area contributed by atoms with Crippen molar-refractivity contribution in [3.63, 3.8) is 0 Å². The molecule has 0 bridgehead atoms. The van der Waals surface area contributed by atoms with Gasteiger partial charge in [0.25, 0.3) is 5.56 Å². The first-order valence-electron chi connectivity index (χ1n) is 10.5. The Labute approximate surface area is 198 Å². The van der Waals surface area contributed by atoms with Crippen molar-refractivity contribution in [2.45, 2.75) is 31.8 Å². The van der Waals surface area contributed by atoms with Gasteiger partial charge < -0.3 is 4.74 Å². The van der Waals surface area contributed by atoms with E-state index in [1.165, 1.54) is 10.5 Å².